The van der Waals surface area contributed by atoms with Crippen molar-refractivity contribution >= 4 is 0 Å². The standard InChI is InChI=1S/C15H18F2O/c1-9-6-10(2)8-11(7-9)15(18)12-4-3-5-13(16)14(12)17/h3-6,9,11,15,18H,7-8H2,1-2H3. The predicted molar refractivity (Wildman–Crippen MR) is 67.0 cm³/mol. The number of halogens is 2. The first-order valence-corrected chi connectivity index (χ1v) is 6.28. The van der Waals surface area contributed by atoms with Gasteiger partial charge in [0.2, 0.25) is 0 Å². The molecule has 3 unspecified atom stereocenters. The molecule has 0 aromatic heterocycles. The Labute approximate surface area is 106 Å². The zero-order chi connectivity index (χ0) is 13.3. The SMILES string of the molecule is CC1=CC(C)CC(C(O)c2cccc(F)c2F)C1. The lowest BCUT2D eigenvalue weighted by Gasteiger charge is -2.29. The first-order valence-electron chi connectivity index (χ1n) is 6.28. The third-order valence-corrected chi connectivity index (χ3v) is 3.57. The van der Waals surface area contributed by atoms with Crippen molar-refractivity contribution in [3.63, 3.8) is 0 Å². The maximum atomic E-state index is 13.7. The second kappa shape index (κ2) is 5.19. The van der Waals surface area contributed by atoms with Gasteiger partial charge in [0.15, 0.2) is 11.6 Å². The van der Waals surface area contributed by atoms with Crippen molar-refractivity contribution in [1.29, 1.82) is 0 Å². The average molecular weight is 252 g/mol. The van der Waals surface area contributed by atoms with Gasteiger partial charge in [-0.2, -0.15) is 0 Å². The van der Waals surface area contributed by atoms with Crippen LogP contribution >= 0.6 is 0 Å². The third-order valence-electron chi connectivity index (χ3n) is 3.57. The number of rotatable bonds is 2. The Morgan fingerprint density at radius 3 is 2.72 bits per heavy atom. The van der Waals surface area contributed by atoms with E-state index in [4.69, 9.17) is 0 Å². The van der Waals surface area contributed by atoms with Crippen molar-refractivity contribution in [2.45, 2.75) is 32.8 Å². The summed E-state index contributed by atoms with van der Waals surface area (Å²) in [6, 6.07) is 3.97. The van der Waals surface area contributed by atoms with E-state index in [2.05, 4.69) is 13.0 Å². The van der Waals surface area contributed by atoms with Crippen molar-refractivity contribution in [2.24, 2.45) is 11.8 Å². The van der Waals surface area contributed by atoms with Gasteiger partial charge in [-0.25, -0.2) is 8.78 Å². The molecule has 2 rings (SSSR count). The van der Waals surface area contributed by atoms with Crippen LogP contribution in [0.2, 0.25) is 0 Å². The molecule has 0 amide bonds. The van der Waals surface area contributed by atoms with Gasteiger partial charge in [-0.1, -0.05) is 30.7 Å². The molecule has 0 aliphatic heterocycles. The Morgan fingerprint density at radius 1 is 1.33 bits per heavy atom. The van der Waals surface area contributed by atoms with Gasteiger partial charge in [0.05, 0.1) is 6.10 Å². The number of hydrogen-bond acceptors (Lipinski definition) is 1. The molecule has 3 atom stereocenters. The van der Waals surface area contributed by atoms with Crippen LogP contribution in [0.25, 0.3) is 0 Å². The molecule has 1 aromatic rings. The highest BCUT2D eigenvalue weighted by Gasteiger charge is 2.28. The van der Waals surface area contributed by atoms with Gasteiger partial charge in [0, 0.05) is 5.56 Å². The molecule has 0 saturated heterocycles. The predicted octanol–water partition coefficient (Wildman–Crippen LogP) is 3.99. The molecule has 0 bridgehead atoms. The minimum atomic E-state index is -0.938. The van der Waals surface area contributed by atoms with Crippen molar-refractivity contribution in [1.82, 2.24) is 0 Å². The van der Waals surface area contributed by atoms with Gasteiger partial charge in [-0.3, -0.25) is 0 Å². The Morgan fingerprint density at radius 2 is 2.06 bits per heavy atom. The summed E-state index contributed by atoms with van der Waals surface area (Å²) in [6.07, 6.45) is 2.77. The summed E-state index contributed by atoms with van der Waals surface area (Å²) in [5, 5.41) is 10.3. The van der Waals surface area contributed by atoms with Crippen molar-refractivity contribution in [3.05, 3.63) is 47.0 Å². The molecule has 3 heteroatoms. The van der Waals surface area contributed by atoms with Gasteiger partial charge in [-0.05, 0) is 37.7 Å². The lowest BCUT2D eigenvalue weighted by atomic mass is 9.79. The van der Waals surface area contributed by atoms with E-state index in [9.17, 15) is 13.9 Å². The number of benzene rings is 1. The Balaban J connectivity index is 2.24. The molecule has 18 heavy (non-hydrogen) atoms. The zero-order valence-corrected chi connectivity index (χ0v) is 10.7. The highest BCUT2D eigenvalue weighted by atomic mass is 19.2. The second-order valence-electron chi connectivity index (χ2n) is 5.28. The molecule has 0 saturated carbocycles. The van der Waals surface area contributed by atoms with E-state index in [1.165, 1.54) is 17.7 Å². The van der Waals surface area contributed by atoms with Crippen molar-refractivity contribution in [2.75, 3.05) is 0 Å². The van der Waals surface area contributed by atoms with Crippen LogP contribution in [0.1, 0.15) is 38.4 Å². The zero-order valence-electron chi connectivity index (χ0n) is 10.7. The molecular formula is C15H18F2O. The van der Waals surface area contributed by atoms with Crippen LogP contribution in [0.3, 0.4) is 0 Å². The van der Waals surface area contributed by atoms with Crippen LogP contribution in [0.5, 0.6) is 0 Å². The highest BCUT2D eigenvalue weighted by molar-refractivity contribution is 5.23. The van der Waals surface area contributed by atoms with E-state index in [0.29, 0.717) is 5.92 Å². The minimum Gasteiger partial charge on any atom is -0.388 e. The highest BCUT2D eigenvalue weighted by Crippen LogP contribution is 2.37. The fourth-order valence-corrected chi connectivity index (χ4v) is 2.84. The molecule has 1 aliphatic carbocycles. The normalized spacial score (nSPS) is 25.7. The molecule has 0 fully saturated rings. The number of aliphatic hydroxyl groups is 1. The molecule has 1 nitrogen and oxygen atoms in total. The molecule has 0 heterocycles. The molecule has 1 aromatic carbocycles. The maximum absolute atomic E-state index is 13.7. The van der Waals surface area contributed by atoms with Crippen LogP contribution in [-0.4, -0.2) is 5.11 Å². The van der Waals surface area contributed by atoms with E-state index >= 15 is 0 Å². The van der Waals surface area contributed by atoms with Crippen LogP contribution in [0.4, 0.5) is 8.78 Å². The van der Waals surface area contributed by atoms with Gasteiger partial charge in [0.25, 0.3) is 0 Å². The molecule has 0 radical (unpaired) electrons. The lowest BCUT2D eigenvalue weighted by molar-refractivity contribution is 0.0891. The summed E-state index contributed by atoms with van der Waals surface area (Å²) in [5.74, 6) is -1.50. The van der Waals surface area contributed by atoms with Crippen molar-refractivity contribution in [3.8, 4) is 0 Å². The van der Waals surface area contributed by atoms with Crippen LogP contribution in [0.15, 0.2) is 29.8 Å². The Kier molecular flexibility index (Phi) is 3.81. The maximum Gasteiger partial charge on any atom is 0.164 e. The molecule has 98 valence electrons. The third kappa shape index (κ3) is 2.61. The lowest BCUT2D eigenvalue weighted by Crippen LogP contribution is -2.20. The van der Waals surface area contributed by atoms with Gasteiger partial charge < -0.3 is 5.11 Å². The van der Waals surface area contributed by atoms with E-state index < -0.39 is 17.7 Å². The first-order chi connectivity index (χ1) is 8.49. The largest absolute Gasteiger partial charge is 0.388 e. The Hall–Kier alpha value is -1.22. The fourth-order valence-electron chi connectivity index (χ4n) is 2.84. The summed E-state index contributed by atoms with van der Waals surface area (Å²) in [6.45, 7) is 4.08. The van der Waals surface area contributed by atoms with Gasteiger partial charge in [-0.15, -0.1) is 0 Å². The van der Waals surface area contributed by atoms with Gasteiger partial charge >= 0.3 is 0 Å². The summed E-state index contributed by atoms with van der Waals surface area (Å²) in [4.78, 5) is 0. The smallest absolute Gasteiger partial charge is 0.164 e. The number of allylic oxidation sites excluding steroid dienone is 2. The van der Waals surface area contributed by atoms with Crippen LogP contribution in [-0.2, 0) is 0 Å². The monoisotopic (exact) mass is 252 g/mol. The summed E-state index contributed by atoms with van der Waals surface area (Å²) in [7, 11) is 0. The topological polar surface area (TPSA) is 20.2 Å². The quantitative estimate of drug-likeness (QED) is 0.789. The van der Waals surface area contributed by atoms with E-state index in [1.807, 2.05) is 6.92 Å². The Bertz CT molecular complexity index is 468. The van der Waals surface area contributed by atoms with Crippen molar-refractivity contribution < 1.29 is 13.9 Å². The van der Waals surface area contributed by atoms with E-state index in [1.54, 1.807) is 0 Å². The summed E-state index contributed by atoms with van der Waals surface area (Å²) < 4.78 is 26.8. The summed E-state index contributed by atoms with van der Waals surface area (Å²) >= 11 is 0. The summed E-state index contributed by atoms with van der Waals surface area (Å²) in [5.41, 5.74) is 1.27. The molecule has 0 spiro atoms. The van der Waals surface area contributed by atoms with Crippen LogP contribution in [0, 0.1) is 23.5 Å². The van der Waals surface area contributed by atoms with E-state index in [0.717, 1.165) is 18.9 Å². The fraction of sp³-hybridized carbons (Fsp3) is 0.467. The molecule has 1 aliphatic rings. The van der Waals surface area contributed by atoms with Crippen LogP contribution < -0.4 is 0 Å². The average Bonchev–Trinajstić information content (AvgIpc) is 2.30. The number of aliphatic hydroxyl groups excluding tert-OH is 1. The molecule has 1 N–H and O–H groups in total. The number of hydrogen-bond donors (Lipinski definition) is 1. The molecular weight excluding hydrogens is 234 g/mol. The van der Waals surface area contributed by atoms with E-state index in [-0.39, 0.29) is 11.5 Å². The minimum absolute atomic E-state index is 0.0405. The second-order valence-corrected chi connectivity index (χ2v) is 5.28. The first kappa shape index (κ1) is 13.2. The van der Waals surface area contributed by atoms with Gasteiger partial charge in [0.1, 0.15) is 0 Å².